The molecule has 2 radical (unpaired) electrons. The van der Waals surface area contributed by atoms with Crippen molar-refractivity contribution in [3.05, 3.63) is 48.6 Å². The zero-order valence-corrected chi connectivity index (χ0v) is 7.83. The van der Waals surface area contributed by atoms with Gasteiger partial charge in [-0.1, -0.05) is 30.3 Å². The van der Waals surface area contributed by atoms with Crippen molar-refractivity contribution in [1.82, 2.24) is 4.90 Å². The van der Waals surface area contributed by atoms with Gasteiger partial charge in [-0.15, -0.1) is 0 Å². The van der Waals surface area contributed by atoms with Crippen molar-refractivity contribution in [2.45, 2.75) is 12.8 Å². The van der Waals surface area contributed by atoms with Crippen LogP contribution in [0.5, 0.6) is 0 Å². The van der Waals surface area contributed by atoms with Crippen molar-refractivity contribution in [3.8, 4) is 0 Å². The molecule has 66 valence electrons. The third-order valence-electron chi connectivity index (χ3n) is 2.25. The summed E-state index contributed by atoms with van der Waals surface area (Å²) in [5, 5.41) is 0. The van der Waals surface area contributed by atoms with Crippen LogP contribution >= 0.6 is 0 Å². The summed E-state index contributed by atoms with van der Waals surface area (Å²) < 4.78 is 0. The molecule has 1 heteroatoms. The molecule has 0 aliphatic carbocycles. The lowest BCUT2D eigenvalue weighted by Crippen LogP contribution is -2.12. The van der Waals surface area contributed by atoms with Crippen molar-refractivity contribution in [2.24, 2.45) is 0 Å². The summed E-state index contributed by atoms with van der Waals surface area (Å²) in [6, 6.07) is 10.5. The largest absolute Gasteiger partial charge is 0.370 e. The van der Waals surface area contributed by atoms with Gasteiger partial charge >= 0.3 is 0 Å². The van der Waals surface area contributed by atoms with Crippen LogP contribution in [-0.4, -0.2) is 11.9 Å². The Morgan fingerprint density at radius 2 is 2.00 bits per heavy atom. The van der Waals surface area contributed by atoms with Gasteiger partial charge in [-0.2, -0.15) is 0 Å². The fourth-order valence-electron chi connectivity index (χ4n) is 1.58. The Balaban J connectivity index is 2.26. The van der Waals surface area contributed by atoms with Gasteiger partial charge in [-0.05, 0) is 24.0 Å². The molecule has 1 aliphatic heterocycles. The van der Waals surface area contributed by atoms with E-state index in [1.807, 2.05) is 11.9 Å². The molecule has 2 rings (SSSR count). The van der Waals surface area contributed by atoms with E-state index in [1.54, 1.807) is 0 Å². The Morgan fingerprint density at radius 3 is 2.69 bits per heavy atom. The van der Waals surface area contributed by atoms with Crippen molar-refractivity contribution in [1.29, 1.82) is 0 Å². The highest BCUT2D eigenvalue weighted by Crippen LogP contribution is 2.25. The van der Waals surface area contributed by atoms with Gasteiger partial charge in [0.2, 0.25) is 0 Å². The van der Waals surface area contributed by atoms with E-state index in [0.29, 0.717) is 0 Å². The van der Waals surface area contributed by atoms with E-state index in [2.05, 4.69) is 43.1 Å². The minimum absolute atomic E-state index is 1.03. The van der Waals surface area contributed by atoms with Gasteiger partial charge in [-0.3, -0.25) is 0 Å². The molecule has 13 heavy (non-hydrogen) atoms. The summed E-state index contributed by atoms with van der Waals surface area (Å²) in [5.74, 6) is 0. The second-order valence-electron chi connectivity index (χ2n) is 3.29. The number of rotatable bonds is 1. The summed E-state index contributed by atoms with van der Waals surface area (Å²) in [7, 11) is 2.03. The lowest BCUT2D eigenvalue weighted by molar-refractivity contribution is 0.512. The second kappa shape index (κ2) is 3.65. The van der Waals surface area contributed by atoms with Gasteiger partial charge in [0.15, 0.2) is 0 Å². The normalized spacial score (nSPS) is 17.0. The molecule has 0 spiro atoms. The minimum Gasteiger partial charge on any atom is -0.370 e. The van der Waals surface area contributed by atoms with E-state index in [4.69, 9.17) is 0 Å². The van der Waals surface area contributed by atoms with E-state index in [1.165, 1.54) is 11.1 Å². The van der Waals surface area contributed by atoms with Crippen LogP contribution in [-0.2, 0) is 0 Å². The van der Waals surface area contributed by atoms with Crippen LogP contribution in [0.2, 0.25) is 0 Å². The topological polar surface area (TPSA) is 3.24 Å². The molecule has 1 aromatic rings. The molecule has 0 bridgehead atoms. The fraction of sp³-hybridized carbons (Fsp3) is 0.250. The molecule has 0 atom stereocenters. The first-order valence-electron chi connectivity index (χ1n) is 4.59. The molecule has 0 saturated heterocycles. The molecule has 0 unspecified atom stereocenters. The van der Waals surface area contributed by atoms with Gasteiger partial charge in [-0.25, -0.2) is 0 Å². The first-order chi connectivity index (χ1) is 6.36. The van der Waals surface area contributed by atoms with E-state index < -0.39 is 0 Å². The summed E-state index contributed by atoms with van der Waals surface area (Å²) in [4.78, 5) is 2.02. The fourth-order valence-corrected chi connectivity index (χ4v) is 1.58. The van der Waals surface area contributed by atoms with Gasteiger partial charge in [0.1, 0.15) is 0 Å². The maximum Gasteiger partial charge on any atom is 0.0905 e. The maximum atomic E-state index is 3.24. The summed E-state index contributed by atoms with van der Waals surface area (Å²) in [6.45, 7) is 3.24. The highest BCUT2D eigenvalue weighted by molar-refractivity contribution is 5.65. The molecule has 0 fully saturated rings. The Hall–Kier alpha value is -1.24. The quantitative estimate of drug-likeness (QED) is 0.628. The average Bonchev–Trinajstić information content (AvgIpc) is 2.19. The predicted molar refractivity (Wildman–Crippen MR) is 54.7 cm³/mol. The van der Waals surface area contributed by atoms with Crippen LogP contribution < -0.4 is 0 Å². The number of benzene rings is 1. The van der Waals surface area contributed by atoms with Crippen molar-refractivity contribution in [3.63, 3.8) is 0 Å². The molecule has 0 amide bonds. The zero-order valence-electron chi connectivity index (χ0n) is 7.83. The number of nitrogens with zero attached hydrogens (tertiary/aromatic N) is 1. The molecule has 1 aromatic carbocycles. The standard InChI is InChI=1S/C12H13N/c1-13-9-5-8-12(10-13)11-6-3-2-4-7-11/h2-4,6-7,10H,5,8H2,1H3. The molecule has 1 aliphatic rings. The lowest BCUT2D eigenvalue weighted by Gasteiger charge is -2.21. The highest BCUT2D eigenvalue weighted by atomic mass is 15.1. The third kappa shape index (κ3) is 1.92. The number of hydrogen-bond donors (Lipinski definition) is 0. The molecule has 1 heterocycles. The predicted octanol–water partition coefficient (Wildman–Crippen LogP) is 2.79. The first-order valence-corrected chi connectivity index (χ1v) is 4.59. The van der Waals surface area contributed by atoms with Gasteiger partial charge in [0.25, 0.3) is 0 Å². The van der Waals surface area contributed by atoms with Crippen molar-refractivity contribution >= 4 is 5.57 Å². The maximum absolute atomic E-state index is 3.24. The molecule has 1 nitrogen and oxygen atoms in total. The summed E-state index contributed by atoms with van der Waals surface area (Å²) in [6.07, 6.45) is 4.28. The van der Waals surface area contributed by atoms with Crippen molar-refractivity contribution in [2.75, 3.05) is 7.05 Å². The summed E-state index contributed by atoms with van der Waals surface area (Å²) >= 11 is 0. The Labute approximate surface area is 79.7 Å². The second-order valence-corrected chi connectivity index (χ2v) is 3.29. The Kier molecular flexibility index (Phi) is 2.35. The Morgan fingerprint density at radius 1 is 1.23 bits per heavy atom. The van der Waals surface area contributed by atoms with E-state index >= 15 is 0 Å². The van der Waals surface area contributed by atoms with E-state index in [9.17, 15) is 0 Å². The van der Waals surface area contributed by atoms with Gasteiger partial charge in [0, 0.05) is 13.2 Å². The monoisotopic (exact) mass is 171 g/mol. The highest BCUT2D eigenvalue weighted by Gasteiger charge is 2.08. The van der Waals surface area contributed by atoms with Gasteiger partial charge < -0.3 is 4.90 Å². The van der Waals surface area contributed by atoms with E-state index in [-0.39, 0.29) is 0 Å². The summed E-state index contributed by atoms with van der Waals surface area (Å²) in [5.41, 5.74) is 2.73. The average molecular weight is 171 g/mol. The number of hydrogen-bond acceptors (Lipinski definition) is 1. The van der Waals surface area contributed by atoms with Crippen LogP contribution in [0.25, 0.3) is 5.57 Å². The molecular weight excluding hydrogens is 158 g/mol. The molecule has 0 aromatic heterocycles. The van der Waals surface area contributed by atoms with Crippen LogP contribution in [0.4, 0.5) is 0 Å². The smallest absolute Gasteiger partial charge is 0.0905 e. The van der Waals surface area contributed by atoms with Gasteiger partial charge in [0.05, 0.1) is 6.54 Å². The van der Waals surface area contributed by atoms with Crippen molar-refractivity contribution < 1.29 is 0 Å². The minimum atomic E-state index is 1.03. The third-order valence-corrected chi connectivity index (χ3v) is 2.25. The molecule has 0 saturated carbocycles. The Bertz CT molecular complexity index is 300. The van der Waals surface area contributed by atoms with Crippen LogP contribution in [0.3, 0.4) is 0 Å². The molecule has 0 N–H and O–H groups in total. The van der Waals surface area contributed by atoms with Crippen LogP contribution in [0.15, 0.2) is 36.5 Å². The lowest BCUT2D eigenvalue weighted by atomic mass is 10.00. The van der Waals surface area contributed by atoms with Crippen LogP contribution in [0, 0.1) is 6.54 Å². The molecular formula is C12H13N. The zero-order chi connectivity index (χ0) is 9.10. The number of allylic oxidation sites excluding steroid dienone is 1. The SMILES string of the molecule is CN1[C]CCC(c2ccccc2)=C1. The first kappa shape index (κ1) is 8.36. The van der Waals surface area contributed by atoms with Crippen LogP contribution in [0.1, 0.15) is 18.4 Å². The van der Waals surface area contributed by atoms with E-state index in [0.717, 1.165) is 12.8 Å².